The van der Waals surface area contributed by atoms with Gasteiger partial charge in [0.15, 0.2) is 6.61 Å². The molecule has 0 aliphatic heterocycles. The van der Waals surface area contributed by atoms with E-state index in [0.717, 1.165) is 12.1 Å². The number of hydrogen-bond acceptors (Lipinski definition) is 3. The van der Waals surface area contributed by atoms with Crippen LogP contribution in [0.1, 0.15) is 22.8 Å². The second kappa shape index (κ2) is 8.37. The number of ether oxygens (including phenoxy) is 1. The van der Waals surface area contributed by atoms with Crippen LogP contribution in [0.15, 0.2) is 48.5 Å². The van der Waals surface area contributed by atoms with Crippen molar-refractivity contribution in [1.29, 1.82) is 0 Å². The first-order valence-electron chi connectivity index (χ1n) is 7.77. The van der Waals surface area contributed by atoms with E-state index in [0.29, 0.717) is 17.8 Å². The molecule has 2 N–H and O–H groups in total. The predicted octanol–water partition coefficient (Wildman–Crippen LogP) is 3.47. The van der Waals surface area contributed by atoms with Crippen molar-refractivity contribution in [1.82, 2.24) is 5.32 Å². The van der Waals surface area contributed by atoms with E-state index in [9.17, 15) is 22.8 Å². The third-order valence-electron chi connectivity index (χ3n) is 3.28. The van der Waals surface area contributed by atoms with Crippen LogP contribution in [-0.4, -0.2) is 25.0 Å². The van der Waals surface area contributed by atoms with Gasteiger partial charge in [-0.2, -0.15) is 13.2 Å². The Morgan fingerprint density at radius 2 is 1.81 bits per heavy atom. The molecule has 2 amide bonds. The normalized spacial score (nSPS) is 10.9. The molecule has 2 aromatic rings. The van der Waals surface area contributed by atoms with Gasteiger partial charge in [-0.1, -0.05) is 12.1 Å². The highest BCUT2D eigenvalue weighted by Gasteiger charge is 2.30. The number of rotatable bonds is 6. The maximum Gasteiger partial charge on any atom is 0.416 e. The zero-order valence-electron chi connectivity index (χ0n) is 13.9. The fourth-order valence-corrected chi connectivity index (χ4v) is 2.11. The molecule has 0 saturated heterocycles. The van der Waals surface area contributed by atoms with Gasteiger partial charge in [-0.25, -0.2) is 0 Å². The highest BCUT2D eigenvalue weighted by Crippen LogP contribution is 2.31. The van der Waals surface area contributed by atoms with Gasteiger partial charge in [0.05, 0.1) is 5.56 Å². The standard InChI is InChI=1S/C18H17F3N2O3/c1-2-22-17(25)12-5-3-7-14(9-12)23-16(24)11-26-15-8-4-6-13(10-15)18(19,20)21/h3-10H,2,11H2,1H3,(H,22,25)(H,23,24). The minimum Gasteiger partial charge on any atom is -0.484 e. The lowest BCUT2D eigenvalue weighted by atomic mass is 10.2. The van der Waals surface area contributed by atoms with E-state index in [1.807, 2.05) is 0 Å². The Labute approximate surface area is 148 Å². The highest BCUT2D eigenvalue weighted by molar-refractivity contribution is 5.97. The molecule has 8 heteroatoms. The summed E-state index contributed by atoms with van der Waals surface area (Å²) in [4.78, 5) is 23.7. The molecular formula is C18H17F3N2O3. The molecule has 0 aromatic heterocycles. The summed E-state index contributed by atoms with van der Waals surface area (Å²) >= 11 is 0. The van der Waals surface area contributed by atoms with Gasteiger partial charge in [-0.05, 0) is 43.3 Å². The van der Waals surface area contributed by atoms with E-state index in [1.165, 1.54) is 18.2 Å². The molecule has 0 aliphatic carbocycles. The number of alkyl halides is 3. The summed E-state index contributed by atoms with van der Waals surface area (Å²) in [6, 6.07) is 10.6. The molecular weight excluding hydrogens is 349 g/mol. The van der Waals surface area contributed by atoms with E-state index in [2.05, 4.69) is 10.6 Å². The van der Waals surface area contributed by atoms with Crippen LogP contribution in [0.5, 0.6) is 5.75 Å². The Morgan fingerprint density at radius 1 is 1.08 bits per heavy atom. The predicted molar refractivity (Wildman–Crippen MR) is 90.0 cm³/mol. The number of carbonyl (C=O) groups excluding carboxylic acids is 2. The first kappa shape index (κ1) is 19.3. The van der Waals surface area contributed by atoms with Crippen molar-refractivity contribution < 1.29 is 27.5 Å². The summed E-state index contributed by atoms with van der Waals surface area (Å²) in [5, 5.41) is 5.17. The summed E-state index contributed by atoms with van der Waals surface area (Å²) in [6.07, 6.45) is -4.48. The van der Waals surface area contributed by atoms with Crippen LogP contribution in [0.25, 0.3) is 0 Å². The van der Waals surface area contributed by atoms with Gasteiger partial charge in [0.25, 0.3) is 11.8 Å². The van der Waals surface area contributed by atoms with E-state index in [-0.39, 0.29) is 11.7 Å². The van der Waals surface area contributed by atoms with Crippen LogP contribution in [-0.2, 0) is 11.0 Å². The van der Waals surface area contributed by atoms with Gasteiger partial charge in [-0.15, -0.1) is 0 Å². The van der Waals surface area contributed by atoms with Crippen molar-refractivity contribution in [3.63, 3.8) is 0 Å². The van der Waals surface area contributed by atoms with Gasteiger partial charge in [0, 0.05) is 17.8 Å². The van der Waals surface area contributed by atoms with Gasteiger partial charge in [0.1, 0.15) is 5.75 Å². The van der Waals surface area contributed by atoms with Crippen molar-refractivity contribution in [3.05, 3.63) is 59.7 Å². The largest absolute Gasteiger partial charge is 0.484 e. The number of hydrogen-bond donors (Lipinski definition) is 2. The maximum absolute atomic E-state index is 12.6. The Morgan fingerprint density at radius 3 is 2.50 bits per heavy atom. The molecule has 0 saturated carbocycles. The fourth-order valence-electron chi connectivity index (χ4n) is 2.11. The first-order chi connectivity index (χ1) is 12.3. The minimum atomic E-state index is -4.48. The molecule has 2 aromatic carbocycles. The van der Waals surface area contributed by atoms with E-state index < -0.39 is 24.3 Å². The van der Waals surface area contributed by atoms with Gasteiger partial charge in [-0.3, -0.25) is 9.59 Å². The Hall–Kier alpha value is -3.03. The second-order valence-corrected chi connectivity index (χ2v) is 5.30. The van der Waals surface area contributed by atoms with Crippen molar-refractivity contribution in [2.45, 2.75) is 13.1 Å². The number of benzene rings is 2. The van der Waals surface area contributed by atoms with E-state index in [1.54, 1.807) is 25.1 Å². The zero-order chi connectivity index (χ0) is 19.2. The molecule has 5 nitrogen and oxygen atoms in total. The summed E-state index contributed by atoms with van der Waals surface area (Å²) in [6.45, 7) is 1.79. The van der Waals surface area contributed by atoms with Crippen molar-refractivity contribution in [3.8, 4) is 5.75 Å². The molecule has 0 atom stereocenters. The van der Waals surface area contributed by atoms with Crippen LogP contribution in [0.2, 0.25) is 0 Å². The summed E-state index contributed by atoms with van der Waals surface area (Å²) in [7, 11) is 0. The second-order valence-electron chi connectivity index (χ2n) is 5.30. The van der Waals surface area contributed by atoms with Crippen molar-refractivity contribution in [2.75, 3.05) is 18.5 Å². The molecule has 0 bridgehead atoms. The van der Waals surface area contributed by atoms with Crippen LogP contribution in [0.4, 0.5) is 18.9 Å². The highest BCUT2D eigenvalue weighted by atomic mass is 19.4. The lowest BCUT2D eigenvalue weighted by Gasteiger charge is -2.11. The van der Waals surface area contributed by atoms with E-state index in [4.69, 9.17) is 4.74 Å². The topological polar surface area (TPSA) is 67.4 Å². The average Bonchev–Trinajstić information content (AvgIpc) is 2.60. The van der Waals surface area contributed by atoms with Crippen molar-refractivity contribution >= 4 is 17.5 Å². The van der Waals surface area contributed by atoms with Gasteiger partial charge >= 0.3 is 6.18 Å². The molecule has 0 heterocycles. The fraction of sp³-hybridized carbons (Fsp3) is 0.222. The number of nitrogens with one attached hydrogen (secondary N) is 2. The summed E-state index contributed by atoms with van der Waals surface area (Å²) < 4.78 is 43.0. The lowest BCUT2D eigenvalue weighted by Crippen LogP contribution is -2.23. The number of halogens is 3. The molecule has 0 spiro atoms. The SMILES string of the molecule is CCNC(=O)c1cccc(NC(=O)COc2cccc(C(F)(F)F)c2)c1. The third kappa shape index (κ3) is 5.51. The lowest BCUT2D eigenvalue weighted by molar-refractivity contribution is -0.137. The Balaban J connectivity index is 1.95. The smallest absolute Gasteiger partial charge is 0.416 e. The average molecular weight is 366 g/mol. The van der Waals surface area contributed by atoms with Gasteiger partial charge < -0.3 is 15.4 Å². The monoisotopic (exact) mass is 366 g/mol. The van der Waals surface area contributed by atoms with Crippen LogP contribution in [0.3, 0.4) is 0 Å². The number of anilines is 1. The Bertz CT molecular complexity index is 791. The molecule has 0 radical (unpaired) electrons. The van der Waals surface area contributed by atoms with Crippen molar-refractivity contribution in [2.24, 2.45) is 0 Å². The quantitative estimate of drug-likeness (QED) is 0.823. The van der Waals surface area contributed by atoms with Crippen LogP contribution < -0.4 is 15.4 Å². The molecule has 0 unspecified atom stereocenters. The number of amides is 2. The summed E-state index contributed by atoms with van der Waals surface area (Å²) in [5.41, 5.74) is -0.0973. The first-order valence-corrected chi connectivity index (χ1v) is 7.77. The number of carbonyl (C=O) groups is 2. The summed E-state index contributed by atoms with van der Waals surface area (Å²) in [5.74, 6) is -0.898. The maximum atomic E-state index is 12.6. The third-order valence-corrected chi connectivity index (χ3v) is 3.28. The molecule has 0 aliphatic rings. The van der Waals surface area contributed by atoms with Crippen LogP contribution >= 0.6 is 0 Å². The molecule has 0 fully saturated rings. The van der Waals surface area contributed by atoms with E-state index >= 15 is 0 Å². The van der Waals surface area contributed by atoms with Crippen LogP contribution in [0, 0.1) is 0 Å². The molecule has 26 heavy (non-hydrogen) atoms. The van der Waals surface area contributed by atoms with Gasteiger partial charge in [0.2, 0.25) is 0 Å². The zero-order valence-corrected chi connectivity index (χ0v) is 13.9. The Kier molecular flexibility index (Phi) is 6.21. The minimum absolute atomic E-state index is 0.0638. The molecule has 138 valence electrons. The molecule has 2 rings (SSSR count).